The van der Waals surface area contributed by atoms with E-state index >= 15 is 0 Å². The van der Waals surface area contributed by atoms with Gasteiger partial charge in [-0.3, -0.25) is 0 Å². The summed E-state index contributed by atoms with van der Waals surface area (Å²) >= 11 is 0. The molecule has 1 N–H and O–H groups in total. The molecule has 1 unspecified atom stereocenters. The third-order valence-electron chi connectivity index (χ3n) is 5.87. The average molecular weight is 425 g/mol. The number of imidazole rings is 1. The molecule has 1 saturated heterocycles. The SMILES string of the molecule is N#Cn1cnc2c(NCC(c3ccccc3)c3ccccc3)nc(C3CCCCO3)nc21. The minimum Gasteiger partial charge on any atom is -0.370 e. The van der Waals surface area contributed by atoms with Crippen LogP contribution in [-0.4, -0.2) is 32.7 Å². The maximum atomic E-state index is 9.49. The molecular formula is C25H24N6O. The van der Waals surface area contributed by atoms with Crippen molar-refractivity contribution in [2.75, 3.05) is 18.5 Å². The fourth-order valence-electron chi connectivity index (χ4n) is 4.20. The highest BCUT2D eigenvalue weighted by atomic mass is 16.5. The van der Waals surface area contributed by atoms with Gasteiger partial charge in [-0.15, -0.1) is 0 Å². The molecule has 0 radical (unpaired) electrons. The van der Waals surface area contributed by atoms with E-state index in [9.17, 15) is 5.26 Å². The highest BCUT2D eigenvalue weighted by molar-refractivity contribution is 5.83. The maximum Gasteiger partial charge on any atom is 0.191 e. The third kappa shape index (κ3) is 4.05. The van der Waals surface area contributed by atoms with Crippen LogP contribution in [0.1, 0.15) is 48.2 Å². The Labute approximate surface area is 186 Å². The van der Waals surface area contributed by atoms with Crippen LogP contribution in [0.2, 0.25) is 0 Å². The molecule has 0 spiro atoms. The van der Waals surface area contributed by atoms with Crippen molar-refractivity contribution in [2.24, 2.45) is 0 Å². The van der Waals surface area contributed by atoms with Gasteiger partial charge in [0.2, 0.25) is 0 Å². The molecular weight excluding hydrogens is 400 g/mol. The summed E-state index contributed by atoms with van der Waals surface area (Å²) in [6.07, 6.45) is 6.46. The van der Waals surface area contributed by atoms with Crippen molar-refractivity contribution in [1.82, 2.24) is 19.5 Å². The Hall–Kier alpha value is -3.76. The van der Waals surface area contributed by atoms with Gasteiger partial charge in [-0.25, -0.2) is 19.5 Å². The molecule has 1 atom stereocenters. The molecule has 3 heterocycles. The van der Waals surface area contributed by atoms with Crippen molar-refractivity contribution in [2.45, 2.75) is 31.3 Å². The van der Waals surface area contributed by atoms with E-state index in [0.29, 0.717) is 36.0 Å². The zero-order chi connectivity index (χ0) is 21.8. The molecule has 2 aromatic carbocycles. The molecule has 7 nitrogen and oxygen atoms in total. The van der Waals surface area contributed by atoms with Crippen LogP contribution in [0.3, 0.4) is 0 Å². The van der Waals surface area contributed by atoms with E-state index in [-0.39, 0.29) is 12.0 Å². The molecule has 1 aliphatic rings. The van der Waals surface area contributed by atoms with E-state index in [4.69, 9.17) is 9.72 Å². The number of nitrogens with zero attached hydrogens (tertiary/aromatic N) is 5. The summed E-state index contributed by atoms with van der Waals surface area (Å²) in [6.45, 7) is 1.33. The Morgan fingerprint density at radius 2 is 1.75 bits per heavy atom. The van der Waals surface area contributed by atoms with E-state index in [1.54, 1.807) is 0 Å². The van der Waals surface area contributed by atoms with Gasteiger partial charge >= 0.3 is 0 Å². The number of hydrogen-bond acceptors (Lipinski definition) is 6. The van der Waals surface area contributed by atoms with Gasteiger partial charge in [-0.05, 0) is 30.4 Å². The van der Waals surface area contributed by atoms with Crippen molar-refractivity contribution in [3.8, 4) is 6.19 Å². The largest absolute Gasteiger partial charge is 0.370 e. The Bertz CT molecular complexity index is 1190. The number of ether oxygens (including phenoxy) is 1. The lowest BCUT2D eigenvalue weighted by Crippen LogP contribution is -2.18. The predicted molar refractivity (Wildman–Crippen MR) is 122 cm³/mol. The van der Waals surface area contributed by atoms with Crippen molar-refractivity contribution < 1.29 is 4.74 Å². The highest BCUT2D eigenvalue weighted by Gasteiger charge is 2.23. The zero-order valence-electron chi connectivity index (χ0n) is 17.7. The summed E-state index contributed by atoms with van der Waals surface area (Å²) < 4.78 is 7.29. The van der Waals surface area contributed by atoms with Crippen LogP contribution in [0.25, 0.3) is 11.2 Å². The van der Waals surface area contributed by atoms with Crippen LogP contribution in [0.5, 0.6) is 0 Å². The van der Waals surface area contributed by atoms with Gasteiger partial charge in [-0.2, -0.15) is 5.26 Å². The monoisotopic (exact) mass is 424 g/mol. The number of nitrogens with one attached hydrogen (secondary N) is 1. The Kier molecular flexibility index (Phi) is 5.77. The number of hydrogen-bond donors (Lipinski definition) is 1. The van der Waals surface area contributed by atoms with E-state index in [1.165, 1.54) is 22.0 Å². The van der Waals surface area contributed by atoms with Crippen molar-refractivity contribution in [3.05, 3.63) is 83.9 Å². The molecule has 7 heteroatoms. The molecule has 0 bridgehead atoms. The summed E-state index contributed by atoms with van der Waals surface area (Å²) in [6, 6.07) is 20.8. The maximum absolute atomic E-state index is 9.49. The first-order chi connectivity index (χ1) is 15.8. The van der Waals surface area contributed by atoms with Gasteiger partial charge in [-0.1, -0.05) is 60.7 Å². The molecule has 2 aromatic heterocycles. The second-order valence-corrected chi connectivity index (χ2v) is 7.93. The molecule has 1 fully saturated rings. The highest BCUT2D eigenvalue weighted by Crippen LogP contribution is 2.30. The molecule has 160 valence electrons. The van der Waals surface area contributed by atoms with Gasteiger partial charge in [0, 0.05) is 19.1 Å². The second kappa shape index (κ2) is 9.16. The lowest BCUT2D eigenvalue weighted by Gasteiger charge is -2.22. The van der Waals surface area contributed by atoms with Crippen molar-refractivity contribution in [3.63, 3.8) is 0 Å². The van der Waals surface area contributed by atoms with Crippen LogP contribution < -0.4 is 5.32 Å². The van der Waals surface area contributed by atoms with Gasteiger partial charge in [0.1, 0.15) is 12.4 Å². The molecule has 32 heavy (non-hydrogen) atoms. The molecule has 0 amide bonds. The Morgan fingerprint density at radius 1 is 1.03 bits per heavy atom. The fraction of sp³-hybridized carbons (Fsp3) is 0.280. The molecule has 4 aromatic rings. The second-order valence-electron chi connectivity index (χ2n) is 7.93. The number of benzene rings is 2. The van der Waals surface area contributed by atoms with Gasteiger partial charge in [0.05, 0.1) is 0 Å². The topological polar surface area (TPSA) is 88.7 Å². The summed E-state index contributed by atoms with van der Waals surface area (Å²) in [4.78, 5) is 13.8. The molecule has 0 aliphatic carbocycles. The van der Waals surface area contributed by atoms with E-state index in [0.717, 1.165) is 19.3 Å². The Balaban J connectivity index is 1.51. The Morgan fingerprint density at radius 3 is 2.38 bits per heavy atom. The summed E-state index contributed by atoms with van der Waals surface area (Å²) in [7, 11) is 0. The fourth-order valence-corrected chi connectivity index (χ4v) is 4.20. The van der Waals surface area contributed by atoms with Crippen LogP contribution in [0, 0.1) is 11.5 Å². The van der Waals surface area contributed by atoms with E-state index in [2.05, 4.69) is 70.0 Å². The van der Waals surface area contributed by atoms with Crippen LogP contribution >= 0.6 is 0 Å². The zero-order valence-corrected chi connectivity index (χ0v) is 17.7. The lowest BCUT2D eigenvalue weighted by atomic mass is 9.91. The average Bonchev–Trinajstić information content (AvgIpc) is 3.29. The van der Waals surface area contributed by atoms with Crippen molar-refractivity contribution in [1.29, 1.82) is 5.26 Å². The van der Waals surface area contributed by atoms with Gasteiger partial charge < -0.3 is 10.1 Å². The first-order valence-corrected chi connectivity index (χ1v) is 10.9. The molecule has 0 saturated carbocycles. The standard InChI is InChI=1S/C25H24N6O/c26-16-31-17-28-22-24(29-23(30-25(22)31)21-13-7-8-14-32-21)27-15-20(18-9-3-1-4-10-18)19-11-5-2-6-12-19/h1-6,9-12,17,20-21H,7-8,13-15H2,(H,27,29,30). The predicted octanol–water partition coefficient (Wildman–Crippen LogP) is 4.64. The van der Waals surface area contributed by atoms with E-state index < -0.39 is 0 Å². The number of rotatable bonds is 6. The molecule has 5 rings (SSSR count). The number of fused-ring (bicyclic) bond motifs is 1. The number of aromatic nitrogens is 4. The lowest BCUT2D eigenvalue weighted by molar-refractivity contribution is 0.00971. The van der Waals surface area contributed by atoms with Gasteiger partial charge in [0.15, 0.2) is 29.0 Å². The summed E-state index contributed by atoms with van der Waals surface area (Å²) in [5, 5.41) is 13.0. The quantitative estimate of drug-likeness (QED) is 0.485. The number of anilines is 1. The van der Waals surface area contributed by atoms with Crippen molar-refractivity contribution >= 4 is 17.0 Å². The third-order valence-corrected chi connectivity index (χ3v) is 5.87. The van der Waals surface area contributed by atoms with Crippen LogP contribution in [-0.2, 0) is 4.74 Å². The smallest absolute Gasteiger partial charge is 0.191 e. The van der Waals surface area contributed by atoms with Crippen LogP contribution in [0.15, 0.2) is 67.0 Å². The normalized spacial score (nSPS) is 16.2. The minimum absolute atomic E-state index is 0.134. The summed E-state index contributed by atoms with van der Waals surface area (Å²) in [5.74, 6) is 1.37. The minimum atomic E-state index is -0.158. The van der Waals surface area contributed by atoms with E-state index in [1.807, 2.05) is 12.1 Å². The molecule has 1 aliphatic heterocycles. The summed E-state index contributed by atoms with van der Waals surface area (Å²) in [5.41, 5.74) is 3.53. The number of nitriles is 1. The van der Waals surface area contributed by atoms with Gasteiger partial charge in [0.25, 0.3) is 0 Å². The first-order valence-electron chi connectivity index (χ1n) is 10.9. The first kappa shape index (κ1) is 20.2. The van der Waals surface area contributed by atoms with Crippen LogP contribution in [0.4, 0.5) is 5.82 Å².